The van der Waals surface area contributed by atoms with Gasteiger partial charge in [-0.1, -0.05) is 20.8 Å². The number of carbonyl (C=O) groups is 1. The molecule has 14 heavy (non-hydrogen) atoms. The average Bonchev–Trinajstić information content (AvgIpc) is 2.17. The first-order valence-electron chi connectivity index (χ1n) is 4.75. The molecule has 0 saturated heterocycles. The molecule has 0 saturated carbocycles. The Bertz CT molecular complexity index is 232. The van der Waals surface area contributed by atoms with Crippen LogP contribution in [0.3, 0.4) is 0 Å². The summed E-state index contributed by atoms with van der Waals surface area (Å²) in [5, 5.41) is 8.25. The smallest absolute Gasteiger partial charge is 0.267 e. The third-order valence-electron chi connectivity index (χ3n) is 1.56. The summed E-state index contributed by atoms with van der Waals surface area (Å²) in [6, 6.07) is 0. The van der Waals surface area contributed by atoms with Gasteiger partial charge in [0.05, 0.1) is 0 Å². The molecule has 1 amide bonds. The van der Waals surface area contributed by atoms with Crippen molar-refractivity contribution in [2.24, 2.45) is 10.9 Å². The number of amides is 1. The molecule has 2 N–H and O–H groups in total. The molecule has 0 aliphatic rings. The predicted octanol–water partition coefficient (Wildman–Crippen LogP) is 1.55. The van der Waals surface area contributed by atoms with E-state index in [9.17, 15) is 4.79 Å². The fourth-order valence-corrected chi connectivity index (χ4v) is 0.791. The van der Waals surface area contributed by atoms with Crippen LogP contribution in [0.5, 0.6) is 0 Å². The average molecular weight is 198 g/mol. The molecule has 0 aliphatic heterocycles. The van der Waals surface area contributed by atoms with Crippen LogP contribution in [0.15, 0.2) is 17.1 Å². The first-order chi connectivity index (χ1) is 6.60. The lowest BCUT2D eigenvalue weighted by Gasteiger charge is -2.00. The zero-order valence-corrected chi connectivity index (χ0v) is 8.95. The van der Waals surface area contributed by atoms with Gasteiger partial charge in [0.15, 0.2) is 0 Å². The van der Waals surface area contributed by atoms with Crippen molar-refractivity contribution < 1.29 is 10.0 Å². The molecule has 0 aromatic rings. The Morgan fingerprint density at radius 3 is 2.57 bits per heavy atom. The maximum Gasteiger partial charge on any atom is 0.267 e. The van der Waals surface area contributed by atoms with E-state index in [-0.39, 0.29) is 0 Å². The standard InChI is InChI=1S/C10H18N2O2/c1-4-9(11-7-8(2)3)5-6-10(13)12-14/h5-6,8,14H,4,7H2,1-3H3,(H,12,13)/b6-5+,11-9?. The summed E-state index contributed by atoms with van der Waals surface area (Å²) in [7, 11) is 0. The Morgan fingerprint density at radius 1 is 1.50 bits per heavy atom. The fraction of sp³-hybridized carbons (Fsp3) is 0.600. The summed E-state index contributed by atoms with van der Waals surface area (Å²) in [6.07, 6.45) is 3.67. The van der Waals surface area contributed by atoms with Crippen LogP contribution in [0.2, 0.25) is 0 Å². The maximum absolute atomic E-state index is 10.7. The van der Waals surface area contributed by atoms with E-state index in [1.54, 1.807) is 6.08 Å². The highest BCUT2D eigenvalue weighted by molar-refractivity contribution is 6.00. The van der Waals surface area contributed by atoms with E-state index in [1.807, 2.05) is 6.92 Å². The molecule has 0 aromatic heterocycles. The molecule has 4 nitrogen and oxygen atoms in total. The second kappa shape index (κ2) is 7.26. The van der Waals surface area contributed by atoms with Gasteiger partial charge in [0.2, 0.25) is 0 Å². The molecular formula is C10H18N2O2. The number of nitrogens with zero attached hydrogens (tertiary/aromatic N) is 1. The molecule has 4 heteroatoms. The molecule has 0 spiro atoms. The minimum atomic E-state index is -0.532. The Morgan fingerprint density at radius 2 is 2.14 bits per heavy atom. The summed E-state index contributed by atoms with van der Waals surface area (Å²) in [5.74, 6) is -0.0210. The minimum absolute atomic E-state index is 0.511. The van der Waals surface area contributed by atoms with Crippen LogP contribution >= 0.6 is 0 Å². The molecule has 0 rings (SSSR count). The summed E-state index contributed by atoms with van der Waals surface area (Å²) in [6.45, 7) is 6.90. The molecule has 0 bridgehead atoms. The zero-order chi connectivity index (χ0) is 11.0. The van der Waals surface area contributed by atoms with Crippen molar-refractivity contribution in [2.45, 2.75) is 27.2 Å². The van der Waals surface area contributed by atoms with Gasteiger partial charge >= 0.3 is 0 Å². The molecule has 0 heterocycles. The van der Waals surface area contributed by atoms with Crippen molar-refractivity contribution in [1.82, 2.24) is 5.48 Å². The van der Waals surface area contributed by atoms with E-state index in [0.717, 1.165) is 18.7 Å². The van der Waals surface area contributed by atoms with E-state index in [1.165, 1.54) is 11.6 Å². The summed E-state index contributed by atoms with van der Waals surface area (Å²) >= 11 is 0. The number of hydroxylamine groups is 1. The monoisotopic (exact) mass is 198 g/mol. The summed E-state index contributed by atoms with van der Waals surface area (Å²) in [5.41, 5.74) is 2.39. The maximum atomic E-state index is 10.7. The van der Waals surface area contributed by atoms with Gasteiger partial charge in [-0.15, -0.1) is 0 Å². The number of hydrogen-bond donors (Lipinski definition) is 2. The van der Waals surface area contributed by atoms with E-state index in [4.69, 9.17) is 5.21 Å². The van der Waals surface area contributed by atoms with E-state index in [2.05, 4.69) is 18.8 Å². The lowest BCUT2D eigenvalue weighted by molar-refractivity contribution is -0.124. The first kappa shape index (κ1) is 12.8. The Kier molecular flexibility index (Phi) is 6.66. The number of allylic oxidation sites excluding steroid dienone is 1. The molecule has 0 atom stereocenters. The SMILES string of the molecule is CCC(/C=C/C(=O)NO)=NCC(C)C. The van der Waals surface area contributed by atoms with Crippen LogP contribution in [0, 0.1) is 5.92 Å². The number of hydrogen-bond acceptors (Lipinski definition) is 3. The zero-order valence-electron chi connectivity index (χ0n) is 8.95. The van der Waals surface area contributed by atoms with Crippen LogP contribution in [0.1, 0.15) is 27.2 Å². The molecule has 0 radical (unpaired) electrons. The number of rotatable bonds is 5. The molecule has 0 unspecified atom stereocenters. The largest absolute Gasteiger partial charge is 0.290 e. The second-order valence-corrected chi connectivity index (χ2v) is 3.39. The Labute approximate surface area is 84.7 Å². The highest BCUT2D eigenvalue weighted by atomic mass is 16.5. The predicted molar refractivity (Wildman–Crippen MR) is 56.5 cm³/mol. The van der Waals surface area contributed by atoms with E-state index < -0.39 is 5.91 Å². The van der Waals surface area contributed by atoms with Crippen molar-refractivity contribution in [1.29, 1.82) is 0 Å². The third-order valence-corrected chi connectivity index (χ3v) is 1.56. The molecular weight excluding hydrogens is 180 g/mol. The van der Waals surface area contributed by atoms with Gasteiger partial charge in [0.1, 0.15) is 0 Å². The van der Waals surface area contributed by atoms with Crippen LogP contribution in [-0.2, 0) is 4.79 Å². The highest BCUT2D eigenvalue weighted by Gasteiger charge is 1.95. The van der Waals surface area contributed by atoms with Gasteiger partial charge < -0.3 is 0 Å². The number of aliphatic imine (C=N–C) groups is 1. The first-order valence-corrected chi connectivity index (χ1v) is 4.75. The van der Waals surface area contributed by atoms with Crippen LogP contribution < -0.4 is 5.48 Å². The fourth-order valence-electron chi connectivity index (χ4n) is 0.791. The van der Waals surface area contributed by atoms with Crippen LogP contribution in [0.4, 0.5) is 0 Å². The molecule has 0 aromatic carbocycles. The van der Waals surface area contributed by atoms with Gasteiger partial charge in [0.25, 0.3) is 5.91 Å². The van der Waals surface area contributed by atoms with E-state index in [0.29, 0.717) is 5.92 Å². The second-order valence-electron chi connectivity index (χ2n) is 3.39. The van der Waals surface area contributed by atoms with Gasteiger partial charge in [-0.25, -0.2) is 5.48 Å². The van der Waals surface area contributed by atoms with Crippen molar-refractivity contribution in [3.05, 3.63) is 12.2 Å². The van der Waals surface area contributed by atoms with Gasteiger partial charge in [-0.05, 0) is 18.4 Å². The third kappa shape index (κ3) is 6.37. The van der Waals surface area contributed by atoms with Crippen molar-refractivity contribution in [3.63, 3.8) is 0 Å². The normalized spacial score (nSPS) is 12.5. The molecule has 0 fully saturated rings. The highest BCUT2D eigenvalue weighted by Crippen LogP contribution is 1.96. The van der Waals surface area contributed by atoms with Crippen LogP contribution in [0.25, 0.3) is 0 Å². The van der Waals surface area contributed by atoms with Crippen molar-refractivity contribution >= 4 is 11.6 Å². The minimum Gasteiger partial charge on any atom is -0.290 e. The number of carbonyl (C=O) groups excluding carboxylic acids is 1. The topological polar surface area (TPSA) is 61.7 Å². The van der Waals surface area contributed by atoms with Crippen molar-refractivity contribution in [2.75, 3.05) is 6.54 Å². The number of nitrogens with one attached hydrogen (secondary N) is 1. The van der Waals surface area contributed by atoms with Gasteiger partial charge in [0, 0.05) is 18.3 Å². The Hall–Kier alpha value is -1.16. The summed E-state index contributed by atoms with van der Waals surface area (Å²) in [4.78, 5) is 15.0. The van der Waals surface area contributed by atoms with E-state index >= 15 is 0 Å². The van der Waals surface area contributed by atoms with Crippen molar-refractivity contribution in [3.8, 4) is 0 Å². The van der Waals surface area contributed by atoms with Crippen LogP contribution in [-0.4, -0.2) is 23.4 Å². The molecule has 80 valence electrons. The molecule has 0 aliphatic carbocycles. The lowest BCUT2D eigenvalue weighted by Crippen LogP contribution is -2.15. The van der Waals surface area contributed by atoms with Gasteiger partial charge in [-0.2, -0.15) is 0 Å². The lowest BCUT2D eigenvalue weighted by atomic mass is 10.2. The Balaban J connectivity index is 4.21. The quantitative estimate of drug-likeness (QED) is 0.305. The summed E-state index contributed by atoms with van der Waals surface area (Å²) < 4.78 is 0. The van der Waals surface area contributed by atoms with Gasteiger partial charge in [-0.3, -0.25) is 15.0 Å².